The summed E-state index contributed by atoms with van der Waals surface area (Å²) < 4.78 is 27.9. The van der Waals surface area contributed by atoms with Gasteiger partial charge in [-0.05, 0) is 47.1 Å². The van der Waals surface area contributed by atoms with E-state index in [0.717, 1.165) is 23.0 Å². The van der Waals surface area contributed by atoms with Gasteiger partial charge in [-0.2, -0.15) is 16.1 Å². The largest absolute Gasteiger partial charge is 0.321 e. The number of nitrogens with zero attached hydrogens (tertiary/aromatic N) is 1. The Morgan fingerprint density at radius 1 is 1.07 bits per heavy atom. The Balaban J connectivity index is 1.52. The fourth-order valence-electron chi connectivity index (χ4n) is 3.22. The highest BCUT2D eigenvalue weighted by Crippen LogP contribution is 2.44. The van der Waals surface area contributed by atoms with Gasteiger partial charge in [-0.25, -0.2) is 8.42 Å². The summed E-state index contributed by atoms with van der Waals surface area (Å²) in [5.74, 6) is 3.51. The molecule has 0 atom stereocenters. The lowest BCUT2D eigenvalue weighted by molar-refractivity contribution is 0.102. The van der Waals surface area contributed by atoms with Crippen LogP contribution in [0.1, 0.15) is 26.2 Å². The van der Waals surface area contributed by atoms with Gasteiger partial charge in [0.2, 0.25) is 10.0 Å². The van der Waals surface area contributed by atoms with Crippen molar-refractivity contribution in [2.24, 2.45) is 0 Å². The van der Waals surface area contributed by atoms with Crippen molar-refractivity contribution in [1.29, 1.82) is 0 Å². The Morgan fingerprint density at radius 3 is 2.59 bits per heavy atom. The predicted octanol–water partition coefficient (Wildman–Crippen LogP) is 4.61. The molecule has 5 nitrogen and oxygen atoms in total. The van der Waals surface area contributed by atoms with Crippen molar-refractivity contribution >= 4 is 68.2 Å². The Kier molecular flexibility index (Phi) is 7.18. The number of carbonyl (C=O) groups is 1. The van der Waals surface area contributed by atoms with Crippen molar-refractivity contribution in [2.45, 2.75) is 15.9 Å². The van der Waals surface area contributed by atoms with E-state index in [2.05, 4.69) is 11.4 Å². The predicted molar refractivity (Wildman–Crippen MR) is 127 cm³/mol. The smallest absolute Gasteiger partial charge is 0.267 e. The lowest BCUT2D eigenvalue weighted by atomic mass is 10.2. The van der Waals surface area contributed by atoms with Crippen LogP contribution in [0.25, 0.3) is 0 Å². The number of thioether (sulfide) groups is 3. The van der Waals surface area contributed by atoms with Crippen LogP contribution in [0.5, 0.6) is 0 Å². The van der Waals surface area contributed by atoms with Crippen molar-refractivity contribution in [3.05, 3.63) is 46.2 Å². The zero-order chi connectivity index (χ0) is 20.3. The number of amides is 1. The number of nitrogens with one attached hydrogen (secondary N) is 1. The minimum absolute atomic E-state index is 0.112. The van der Waals surface area contributed by atoms with Crippen LogP contribution < -0.4 is 5.32 Å². The molecule has 2 saturated heterocycles. The third kappa shape index (κ3) is 4.99. The number of benzene rings is 1. The normalized spacial score (nSPS) is 19.2. The monoisotopic (exact) mass is 486 g/mol. The quantitative estimate of drug-likeness (QED) is 0.666. The molecule has 2 aromatic rings. The van der Waals surface area contributed by atoms with Gasteiger partial charge < -0.3 is 5.32 Å². The molecule has 1 aromatic carbocycles. The number of thiophene rings is 1. The summed E-state index contributed by atoms with van der Waals surface area (Å²) in [6.45, 7) is 0.978. The standard InChI is InChI=1S/C19H22N2O3S5/c22-18(20-15-4-1-3-14(13-15)19-27-8-2-9-28-19)17-16(5-10-26-17)29(23,24)21-6-11-25-12-7-21/h1,3-5,10,13,19H,2,6-9,11-12H2,(H,20,22). The van der Waals surface area contributed by atoms with Crippen LogP contribution >= 0.6 is 46.6 Å². The minimum atomic E-state index is -3.65. The summed E-state index contributed by atoms with van der Waals surface area (Å²) in [5, 5.41) is 4.58. The van der Waals surface area contributed by atoms with Crippen LogP contribution in [0.4, 0.5) is 5.69 Å². The van der Waals surface area contributed by atoms with Gasteiger partial charge in [0.25, 0.3) is 5.91 Å². The van der Waals surface area contributed by atoms with Gasteiger partial charge >= 0.3 is 0 Å². The number of rotatable bonds is 5. The molecule has 1 amide bonds. The van der Waals surface area contributed by atoms with Gasteiger partial charge in [-0.3, -0.25) is 4.79 Å². The first kappa shape index (κ1) is 21.6. The van der Waals surface area contributed by atoms with Gasteiger partial charge in [0.1, 0.15) is 9.77 Å². The Labute approximate surface area is 188 Å². The van der Waals surface area contributed by atoms with E-state index in [9.17, 15) is 13.2 Å². The molecular formula is C19H22N2O3S5. The number of hydrogen-bond acceptors (Lipinski definition) is 7. The molecule has 2 fully saturated rings. The second-order valence-corrected chi connectivity index (χ2v) is 13.4. The van der Waals surface area contributed by atoms with Crippen molar-refractivity contribution in [1.82, 2.24) is 4.31 Å². The number of carbonyl (C=O) groups excluding carboxylic acids is 1. The van der Waals surface area contributed by atoms with Crippen molar-refractivity contribution < 1.29 is 13.2 Å². The molecule has 2 aliphatic rings. The summed E-state index contributed by atoms with van der Waals surface area (Å²) >= 11 is 6.78. The molecule has 0 unspecified atom stereocenters. The first-order chi connectivity index (χ1) is 14.1. The number of sulfonamides is 1. The van der Waals surface area contributed by atoms with E-state index in [1.165, 1.54) is 27.6 Å². The first-order valence-corrected chi connectivity index (χ1v) is 14.9. The third-order valence-corrected chi connectivity index (χ3v) is 11.6. The highest BCUT2D eigenvalue weighted by molar-refractivity contribution is 8.16. The fraction of sp³-hybridized carbons (Fsp3) is 0.421. The molecule has 10 heteroatoms. The molecule has 0 radical (unpaired) electrons. The van der Waals surface area contributed by atoms with E-state index in [-0.39, 0.29) is 15.7 Å². The molecule has 2 aliphatic heterocycles. The van der Waals surface area contributed by atoms with Crippen molar-refractivity contribution in [3.8, 4) is 0 Å². The molecule has 0 aliphatic carbocycles. The highest BCUT2D eigenvalue weighted by atomic mass is 32.2. The van der Waals surface area contributed by atoms with Gasteiger partial charge in [0, 0.05) is 30.3 Å². The maximum atomic E-state index is 13.0. The Hall–Kier alpha value is -0.650. The van der Waals surface area contributed by atoms with Crippen LogP contribution in [0, 0.1) is 0 Å². The Morgan fingerprint density at radius 2 is 1.83 bits per heavy atom. The zero-order valence-electron chi connectivity index (χ0n) is 15.7. The molecule has 1 aromatic heterocycles. The number of anilines is 1. The molecule has 0 spiro atoms. The lowest BCUT2D eigenvalue weighted by Gasteiger charge is -2.25. The third-order valence-electron chi connectivity index (χ3n) is 4.67. The average Bonchev–Trinajstić information content (AvgIpc) is 3.26. The maximum Gasteiger partial charge on any atom is 0.267 e. The van der Waals surface area contributed by atoms with Crippen LogP contribution in [0.3, 0.4) is 0 Å². The SMILES string of the molecule is O=C(Nc1cccc(C2SCCCS2)c1)c1sccc1S(=O)(=O)N1CCSCC1. The van der Waals surface area contributed by atoms with Crippen molar-refractivity contribution in [2.75, 3.05) is 41.4 Å². The minimum Gasteiger partial charge on any atom is -0.321 e. The highest BCUT2D eigenvalue weighted by Gasteiger charge is 2.31. The molecule has 4 rings (SSSR count). The Bertz CT molecular complexity index is 964. The molecular weight excluding hydrogens is 465 g/mol. The molecule has 1 N–H and O–H groups in total. The summed E-state index contributed by atoms with van der Waals surface area (Å²) in [4.78, 5) is 13.3. The summed E-state index contributed by atoms with van der Waals surface area (Å²) in [5.41, 5.74) is 1.88. The van der Waals surface area contributed by atoms with Gasteiger partial charge in [-0.15, -0.1) is 34.9 Å². The van der Waals surface area contributed by atoms with Gasteiger partial charge in [0.15, 0.2) is 0 Å². The van der Waals surface area contributed by atoms with E-state index in [0.29, 0.717) is 23.4 Å². The second kappa shape index (κ2) is 9.65. The van der Waals surface area contributed by atoms with Crippen LogP contribution in [0.2, 0.25) is 0 Å². The topological polar surface area (TPSA) is 66.5 Å². The summed E-state index contributed by atoms with van der Waals surface area (Å²) in [7, 11) is -3.65. The van der Waals surface area contributed by atoms with Crippen LogP contribution in [-0.4, -0.2) is 54.7 Å². The van der Waals surface area contributed by atoms with Crippen LogP contribution in [-0.2, 0) is 10.0 Å². The summed E-state index contributed by atoms with van der Waals surface area (Å²) in [6.07, 6.45) is 1.23. The van der Waals surface area contributed by atoms with E-state index < -0.39 is 10.0 Å². The molecule has 156 valence electrons. The second-order valence-electron chi connectivity index (χ2n) is 6.64. The first-order valence-electron chi connectivity index (χ1n) is 9.35. The van der Waals surface area contributed by atoms with E-state index in [1.54, 1.807) is 23.2 Å². The van der Waals surface area contributed by atoms with E-state index >= 15 is 0 Å². The molecule has 3 heterocycles. The van der Waals surface area contributed by atoms with E-state index in [4.69, 9.17) is 0 Å². The lowest BCUT2D eigenvalue weighted by Crippen LogP contribution is -2.38. The van der Waals surface area contributed by atoms with Crippen LogP contribution in [0.15, 0.2) is 40.6 Å². The van der Waals surface area contributed by atoms with Gasteiger partial charge in [0.05, 0.1) is 4.58 Å². The molecule has 0 bridgehead atoms. The number of hydrogen-bond donors (Lipinski definition) is 1. The molecule has 0 saturated carbocycles. The van der Waals surface area contributed by atoms with Crippen molar-refractivity contribution in [3.63, 3.8) is 0 Å². The molecule has 29 heavy (non-hydrogen) atoms. The summed E-state index contributed by atoms with van der Waals surface area (Å²) in [6, 6.07) is 9.42. The maximum absolute atomic E-state index is 13.0. The van der Waals surface area contributed by atoms with E-state index in [1.807, 2.05) is 41.7 Å². The average molecular weight is 487 g/mol. The fourth-order valence-corrected chi connectivity index (χ4v) is 9.97. The van der Waals surface area contributed by atoms with Gasteiger partial charge in [-0.1, -0.05) is 12.1 Å². The zero-order valence-corrected chi connectivity index (χ0v) is 19.8.